The quantitative estimate of drug-likeness (QED) is 0.594. The number of sulfonamides is 1. The molecule has 0 radical (unpaired) electrons. The minimum Gasteiger partial charge on any atom is -0.349 e. The van der Waals surface area contributed by atoms with Crippen LogP contribution in [-0.4, -0.2) is 52.2 Å². The number of benzene rings is 2. The Hall–Kier alpha value is -2.56. The van der Waals surface area contributed by atoms with E-state index < -0.39 is 19.9 Å². The normalized spacial score (nSPS) is 16.8. The van der Waals surface area contributed by atoms with Gasteiger partial charge in [0, 0.05) is 30.8 Å². The predicted molar refractivity (Wildman–Crippen MR) is 124 cm³/mol. The van der Waals surface area contributed by atoms with Crippen LogP contribution in [0.3, 0.4) is 0 Å². The molecule has 1 amide bonds. The number of nitrogens with one attached hydrogen (secondary N) is 1. The average Bonchev–Trinajstić information content (AvgIpc) is 2.78. The topological polar surface area (TPSA) is 118 Å². The van der Waals surface area contributed by atoms with Gasteiger partial charge in [-0.25, -0.2) is 16.8 Å². The zero-order chi connectivity index (χ0) is 24.4. The van der Waals surface area contributed by atoms with E-state index in [1.165, 1.54) is 47.6 Å². The first-order chi connectivity index (χ1) is 15.4. The Labute approximate surface area is 195 Å². The van der Waals surface area contributed by atoms with E-state index in [4.69, 9.17) is 0 Å². The average molecular weight is 493 g/mol. The van der Waals surface area contributed by atoms with Crippen LogP contribution in [0.25, 0.3) is 0 Å². The molecule has 1 N–H and O–H groups in total. The van der Waals surface area contributed by atoms with E-state index in [-0.39, 0.29) is 46.5 Å². The molecule has 0 spiro atoms. The Kier molecular flexibility index (Phi) is 7.40. The molecule has 0 aliphatic carbocycles. The van der Waals surface area contributed by atoms with Crippen LogP contribution < -0.4 is 5.32 Å². The summed E-state index contributed by atoms with van der Waals surface area (Å²) in [7, 11) is -6.98. The van der Waals surface area contributed by atoms with Gasteiger partial charge in [0.1, 0.15) is 0 Å². The van der Waals surface area contributed by atoms with Gasteiger partial charge in [0.05, 0.1) is 15.8 Å². The van der Waals surface area contributed by atoms with Gasteiger partial charge in [-0.2, -0.15) is 4.31 Å². The van der Waals surface area contributed by atoms with Crippen molar-refractivity contribution in [1.29, 1.82) is 0 Å². The summed E-state index contributed by atoms with van der Waals surface area (Å²) in [6.45, 7) is 3.70. The first kappa shape index (κ1) is 25.1. The van der Waals surface area contributed by atoms with Gasteiger partial charge < -0.3 is 5.32 Å². The monoisotopic (exact) mass is 492 g/mol. The number of hydrogen-bond donors (Lipinski definition) is 1. The van der Waals surface area contributed by atoms with E-state index >= 15 is 0 Å². The summed E-state index contributed by atoms with van der Waals surface area (Å²) >= 11 is 0. The lowest BCUT2D eigenvalue weighted by molar-refractivity contribution is -0.126. The number of rotatable bonds is 7. The van der Waals surface area contributed by atoms with Crippen molar-refractivity contribution in [3.63, 3.8) is 0 Å². The van der Waals surface area contributed by atoms with Crippen LogP contribution in [-0.2, 0) is 24.7 Å². The fraction of sp³-hybridized carbons (Fsp3) is 0.391. The van der Waals surface area contributed by atoms with Crippen molar-refractivity contribution in [1.82, 2.24) is 9.62 Å². The summed E-state index contributed by atoms with van der Waals surface area (Å²) in [5.74, 6) is -0.599. The summed E-state index contributed by atoms with van der Waals surface area (Å²) in [6.07, 6.45) is 1.94. The van der Waals surface area contributed by atoms with Crippen LogP contribution in [0.15, 0.2) is 58.3 Å². The van der Waals surface area contributed by atoms with Crippen molar-refractivity contribution >= 4 is 31.6 Å². The van der Waals surface area contributed by atoms with E-state index in [9.17, 15) is 26.4 Å². The molecule has 0 aromatic heterocycles. The van der Waals surface area contributed by atoms with Gasteiger partial charge in [0.2, 0.25) is 15.9 Å². The third-order valence-corrected chi connectivity index (χ3v) is 8.93. The fourth-order valence-electron chi connectivity index (χ4n) is 3.79. The van der Waals surface area contributed by atoms with Gasteiger partial charge in [-0.05, 0) is 56.5 Å². The van der Waals surface area contributed by atoms with E-state index in [0.717, 1.165) is 11.8 Å². The van der Waals surface area contributed by atoms with Crippen LogP contribution in [0.5, 0.6) is 0 Å². The molecule has 1 saturated heterocycles. The van der Waals surface area contributed by atoms with Crippen LogP contribution in [0.1, 0.15) is 48.7 Å². The van der Waals surface area contributed by atoms with Gasteiger partial charge in [0.25, 0.3) is 0 Å². The Morgan fingerprint density at radius 1 is 0.909 bits per heavy atom. The molecule has 0 unspecified atom stereocenters. The molecule has 1 atom stereocenters. The summed E-state index contributed by atoms with van der Waals surface area (Å²) in [5, 5.41) is 2.94. The summed E-state index contributed by atoms with van der Waals surface area (Å²) < 4.78 is 50.4. The van der Waals surface area contributed by atoms with Crippen molar-refractivity contribution < 1.29 is 26.4 Å². The molecule has 2 aromatic rings. The summed E-state index contributed by atoms with van der Waals surface area (Å²) in [5.41, 5.74) is 1.23. The van der Waals surface area contributed by atoms with Crippen LogP contribution in [0, 0.1) is 5.92 Å². The maximum absolute atomic E-state index is 12.9. The number of hydrogen-bond acceptors (Lipinski definition) is 6. The molecule has 2 aromatic carbocycles. The van der Waals surface area contributed by atoms with E-state index in [2.05, 4.69) is 5.32 Å². The number of nitrogens with zero attached hydrogens (tertiary/aromatic N) is 1. The van der Waals surface area contributed by atoms with Gasteiger partial charge >= 0.3 is 0 Å². The zero-order valence-electron chi connectivity index (χ0n) is 18.8. The minimum atomic E-state index is -3.69. The maximum Gasteiger partial charge on any atom is 0.243 e. The fourth-order valence-corrected chi connectivity index (χ4v) is 5.89. The van der Waals surface area contributed by atoms with Gasteiger partial charge in [-0.15, -0.1) is 0 Å². The van der Waals surface area contributed by atoms with E-state index in [1.807, 2.05) is 6.92 Å². The molecule has 10 heteroatoms. The number of carbonyl (C=O) groups is 2. The summed E-state index contributed by atoms with van der Waals surface area (Å²) in [4.78, 5) is 24.5. The molecule has 8 nitrogen and oxygen atoms in total. The van der Waals surface area contributed by atoms with Crippen molar-refractivity contribution in [3.8, 4) is 0 Å². The molecule has 178 valence electrons. The Morgan fingerprint density at radius 3 is 1.91 bits per heavy atom. The lowest BCUT2D eigenvalue weighted by Gasteiger charge is -2.31. The Morgan fingerprint density at radius 2 is 1.42 bits per heavy atom. The molecular formula is C23H28N2O6S2. The van der Waals surface area contributed by atoms with Gasteiger partial charge in [0.15, 0.2) is 15.6 Å². The van der Waals surface area contributed by atoms with E-state index in [1.54, 1.807) is 12.1 Å². The zero-order valence-corrected chi connectivity index (χ0v) is 20.4. The lowest BCUT2D eigenvalue weighted by atomic mass is 9.96. The molecule has 0 bridgehead atoms. The van der Waals surface area contributed by atoms with Crippen LogP contribution in [0.2, 0.25) is 0 Å². The van der Waals surface area contributed by atoms with Crippen molar-refractivity contribution in [2.75, 3.05) is 19.3 Å². The largest absolute Gasteiger partial charge is 0.349 e. The minimum absolute atomic E-state index is 0.126. The third kappa shape index (κ3) is 5.87. The van der Waals surface area contributed by atoms with Gasteiger partial charge in [-0.3, -0.25) is 9.59 Å². The lowest BCUT2D eigenvalue weighted by Crippen LogP contribution is -2.43. The Bertz CT molecular complexity index is 1230. The second-order valence-corrected chi connectivity index (χ2v) is 12.3. The highest BCUT2D eigenvalue weighted by Gasteiger charge is 2.32. The number of piperidine rings is 1. The number of Topliss-reactive ketones (excluding diaryl/α,β-unsaturated/α-hetero) is 1. The third-order valence-electron chi connectivity index (χ3n) is 5.89. The molecule has 1 aliphatic rings. The molecule has 33 heavy (non-hydrogen) atoms. The molecular weight excluding hydrogens is 464 g/mol. The number of amides is 1. The SMILES string of the molecule is CC(=O)c1ccc(S(=O)(=O)N2CCC(C(=O)N[C@@H](C)c3ccc(S(C)(=O)=O)cc3)CC2)cc1. The standard InChI is InChI=1S/C23H28N2O6S2/c1-16(18-4-8-21(9-5-18)32(3,28)29)24-23(27)20-12-14-25(15-13-20)33(30,31)22-10-6-19(7-11-22)17(2)26/h4-11,16,20H,12-15H2,1-3H3,(H,24,27)/t16-/m0/s1. The molecule has 1 fully saturated rings. The van der Waals surface area contributed by atoms with E-state index in [0.29, 0.717) is 18.4 Å². The molecule has 3 rings (SSSR count). The second kappa shape index (κ2) is 9.74. The van der Waals surface area contributed by atoms with Gasteiger partial charge in [-0.1, -0.05) is 24.3 Å². The molecule has 1 aliphatic heterocycles. The molecule has 0 saturated carbocycles. The van der Waals surface area contributed by atoms with Crippen LogP contribution in [0.4, 0.5) is 0 Å². The van der Waals surface area contributed by atoms with Crippen molar-refractivity contribution in [3.05, 3.63) is 59.7 Å². The van der Waals surface area contributed by atoms with Crippen LogP contribution >= 0.6 is 0 Å². The Balaban J connectivity index is 1.58. The highest BCUT2D eigenvalue weighted by atomic mass is 32.2. The highest BCUT2D eigenvalue weighted by molar-refractivity contribution is 7.90. The van der Waals surface area contributed by atoms with Crippen molar-refractivity contribution in [2.24, 2.45) is 5.92 Å². The molecule has 1 heterocycles. The first-order valence-corrected chi connectivity index (χ1v) is 13.9. The summed E-state index contributed by atoms with van der Waals surface area (Å²) in [6, 6.07) is 11.9. The number of sulfone groups is 1. The predicted octanol–water partition coefficient (Wildman–Crippen LogP) is 2.57. The first-order valence-electron chi connectivity index (χ1n) is 10.6. The van der Waals surface area contributed by atoms with Crippen molar-refractivity contribution in [2.45, 2.75) is 42.5 Å². The smallest absolute Gasteiger partial charge is 0.243 e. The number of carbonyl (C=O) groups excluding carboxylic acids is 2. The maximum atomic E-state index is 12.9. The number of ketones is 1. The highest BCUT2D eigenvalue weighted by Crippen LogP contribution is 2.25. The second-order valence-electron chi connectivity index (χ2n) is 8.33.